The highest BCUT2D eigenvalue weighted by atomic mass is 19.1. The number of methoxy groups -OCH3 is 1. The molecule has 20 heavy (non-hydrogen) atoms. The molecule has 0 bridgehead atoms. The maximum Gasteiger partial charge on any atom is 0.340 e. The molecule has 1 aliphatic rings. The van der Waals surface area contributed by atoms with Crippen LogP contribution >= 0.6 is 0 Å². The van der Waals surface area contributed by atoms with Gasteiger partial charge in [0, 0.05) is 25.1 Å². The molecule has 1 amide bonds. The number of benzene rings is 1. The molecule has 0 aromatic heterocycles. The molecule has 0 spiro atoms. The van der Waals surface area contributed by atoms with Crippen molar-refractivity contribution in [2.24, 2.45) is 0 Å². The van der Waals surface area contributed by atoms with Gasteiger partial charge >= 0.3 is 5.97 Å². The number of likely N-dealkylation sites (tertiary alicyclic amines) is 1. The summed E-state index contributed by atoms with van der Waals surface area (Å²) in [6.45, 7) is 0.738. The number of phenols is 1. The Balaban J connectivity index is 2.22. The largest absolute Gasteiger partial charge is 0.508 e. The number of aromatic hydroxyl groups is 1. The molecule has 0 radical (unpaired) electrons. The molecular formula is C14H16FNO4. The molecular weight excluding hydrogens is 265 g/mol. The minimum atomic E-state index is -0.849. The van der Waals surface area contributed by atoms with Crippen LogP contribution in [0.4, 0.5) is 4.39 Å². The van der Waals surface area contributed by atoms with Gasteiger partial charge in [-0.15, -0.1) is 0 Å². The smallest absolute Gasteiger partial charge is 0.340 e. The van der Waals surface area contributed by atoms with E-state index in [4.69, 9.17) is 0 Å². The van der Waals surface area contributed by atoms with E-state index in [1.165, 1.54) is 0 Å². The normalized spacial score (nSPS) is 15.3. The molecule has 108 valence electrons. The van der Waals surface area contributed by atoms with Gasteiger partial charge in [-0.05, 0) is 25.0 Å². The topological polar surface area (TPSA) is 66.8 Å². The lowest BCUT2D eigenvalue weighted by atomic mass is 10.1. The summed E-state index contributed by atoms with van der Waals surface area (Å²) in [6.07, 6.45) is 2.23. The summed E-state index contributed by atoms with van der Waals surface area (Å²) in [4.78, 5) is 24.6. The van der Waals surface area contributed by atoms with Crippen LogP contribution in [-0.4, -0.2) is 35.5 Å². The summed E-state index contributed by atoms with van der Waals surface area (Å²) >= 11 is 0. The number of ether oxygens (including phenoxy) is 1. The molecule has 0 saturated carbocycles. The van der Waals surface area contributed by atoms with Gasteiger partial charge in [-0.3, -0.25) is 4.79 Å². The number of halogens is 1. The first-order valence-electron chi connectivity index (χ1n) is 6.40. The number of carbonyl (C=O) groups excluding carboxylic acids is 2. The van der Waals surface area contributed by atoms with Crippen LogP contribution in [0.15, 0.2) is 12.1 Å². The van der Waals surface area contributed by atoms with E-state index in [1.54, 1.807) is 4.90 Å². The molecule has 1 aromatic rings. The number of carbonyl (C=O) groups is 2. The van der Waals surface area contributed by atoms with Crippen molar-refractivity contribution >= 4 is 11.9 Å². The summed E-state index contributed by atoms with van der Waals surface area (Å²) < 4.78 is 18.2. The maximum atomic E-state index is 13.8. The molecule has 1 fully saturated rings. The number of amides is 1. The second kappa shape index (κ2) is 5.90. The Morgan fingerprint density at radius 1 is 1.45 bits per heavy atom. The summed E-state index contributed by atoms with van der Waals surface area (Å²) in [5.41, 5.74) is -0.0378. The molecule has 2 rings (SSSR count). The van der Waals surface area contributed by atoms with Crippen molar-refractivity contribution in [3.63, 3.8) is 0 Å². The highest BCUT2D eigenvalue weighted by Gasteiger charge is 2.21. The van der Waals surface area contributed by atoms with Crippen LogP contribution in [0.2, 0.25) is 0 Å². The second-order valence-electron chi connectivity index (χ2n) is 4.72. The first-order valence-corrected chi connectivity index (χ1v) is 6.40. The zero-order chi connectivity index (χ0) is 14.7. The van der Waals surface area contributed by atoms with Crippen LogP contribution in [-0.2, 0) is 16.1 Å². The van der Waals surface area contributed by atoms with E-state index >= 15 is 0 Å². The molecule has 6 heteroatoms. The summed E-state index contributed by atoms with van der Waals surface area (Å²) in [5, 5.41) is 9.86. The van der Waals surface area contributed by atoms with Gasteiger partial charge in [0.05, 0.1) is 12.7 Å². The zero-order valence-electron chi connectivity index (χ0n) is 11.2. The Kier molecular flexibility index (Phi) is 4.22. The molecule has 1 saturated heterocycles. The number of hydrogen-bond donors (Lipinski definition) is 1. The minimum absolute atomic E-state index is 0.00639. The number of nitrogens with zero attached hydrogens (tertiary/aromatic N) is 1. The monoisotopic (exact) mass is 281 g/mol. The fourth-order valence-electron chi connectivity index (χ4n) is 2.23. The van der Waals surface area contributed by atoms with E-state index in [0.717, 1.165) is 32.1 Å². The molecule has 0 unspecified atom stereocenters. The van der Waals surface area contributed by atoms with E-state index in [9.17, 15) is 19.1 Å². The summed E-state index contributed by atoms with van der Waals surface area (Å²) in [5.74, 6) is -1.84. The van der Waals surface area contributed by atoms with E-state index in [2.05, 4.69) is 4.74 Å². The first kappa shape index (κ1) is 14.3. The van der Waals surface area contributed by atoms with E-state index in [1.807, 2.05) is 0 Å². The molecule has 5 nitrogen and oxygen atoms in total. The van der Waals surface area contributed by atoms with E-state index in [0.29, 0.717) is 13.0 Å². The third kappa shape index (κ3) is 2.89. The van der Waals surface area contributed by atoms with Gasteiger partial charge in [0.15, 0.2) is 0 Å². The standard InChI is InChI=1S/C14H16FNO4/c1-20-14(19)10-7-12(17)9(6-11(10)15)8-16-5-3-2-4-13(16)18/h6-7,17H,2-5,8H2,1H3. The lowest BCUT2D eigenvalue weighted by molar-refractivity contribution is -0.133. The fourth-order valence-corrected chi connectivity index (χ4v) is 2.23. The third-order valence-corrected chi connectivity index (χ3v) is 3.36. The van der Waals surface area contributed by atoms with E-state index < -0.39 is 11.8 Å². The lowest BCUT2D eigenvalue weighted by Crippen LogP contribution is -2.34. The predicted octanol–water partition coefficient (Wildman–Crippen LogP) is 1.83. The van der Waals surface area contributed by atoms with Crippen molar-refractivity contribution in [3.8, 4) is 5.75 Å². The average Bonchev–Trinajstić information content (AvgIpc) is 2.44. The summed E-state index contributed by atoms with van der Waals surface area (Å²) in [7, 11) is 1.14. The first-order chi connectivity index (χ1) is 9.52. The molecule has 0 atom stereocenters. The Morgan fingerprint density at radius 3 is 2.85 bits per heavy atom. The maximum absolute atomic E-state index is 13.8. The third-order valence-electron chi connectivity index (χ3n) is 3.36. The number of esters is 1. The van der Waals surface area contributed by atoms with Crippen molar-refractivity contribution in [1.82, 2.24) is 4.90 Å². The van der Waals surface area contributed by atoms with Crippen LogP contribution in [0.3, 0.4) is 0 Å². The number of rotatable bonds is 3. The van der Waals surface area contributed by atoms with Crippen molar-refractivity contribution in [2.75, 3.05) is 13.7 Å². The van der Waals surface area contributed by atoms with Crippen LogP contribution < -0.4 is 0 Å². The Bertz CT molecular complexity index is 544. The van der Waals surface area contributed by atoms with Gasteiger partial charge in [-0.25, -0.2) is 9.18 Å². The number of hydrogen-bond acceptors (Lipinski definition) is 4. The summed E-state index contributed by atoms with van der Waals surface area (Å²) in [6, 6.07) is 2.11. The number of phenolic OH excluding ortho intramolecular Hbond substituents is 1. The minimum Gasteiger partial charge on any atom is -0.508 e. The Labute approximate surface area is 116 Å². The quantitative estimate of drug-likeness (QED) is 0.858. The van der Waals surface area contributed by atoms with Crippen LogP contribution in [0, 0.1) is 5.82 Å². The van der Waals surface area contributed by atoms with Crippen LogP contribution in [0.1, 0.15) is 35.2 Å². The molecule has 1 N–H and O–H groups in total. The molecule has 1 heterocycles. The van der Waals surface area contributed by atoms with Crippen LogP contribution in [0.25, 0.3) is 0 Å². The van der Waals surface area contributed by atoms with Crippen molar-refractivity contribution in [3.05, 3.63) is 29.1 Å². The molecule has 0 aliphatic carbocycles. The lowest BCUT2D eigenvalue weighted by Gasteiger charge is -2.27. The Hall–Kier alpha value is -2.11. The number of piperidine rings is 1. The van der Waals surface area contributed by atoms with Gasteiger partial charge in [0.2, 0.25) is 5.91 Å². The predicted molar refractivity (Wildman–Crippen MR) is 68.7 cm³/mol. The van der Waals surface area contributed by atoms with Gasteiger partial charge in [0.25, 0.3) is 0 Å². The van der Waals surface area contributed by atoms with Gasteiger partial charge in [0.1, 0.15) is 11.6 Å². The van der Waals surface area contributed by atoms with E-state index in [-0.39, 0.29) is 29.3 Å². The fraction of sp³-hybridized carbons (Fsp3) is 0.429. The average molecular weight is 281 g/mol. The van der Waals surface area contributed by atoms with Crippen molar-refractivity contribution < 1.29 is 23.8 Å². The zero-order valence-corrected chi connectivity index (χ0v) is 11.2. The van der Waals surface area contributed by atoms with Gasteiger partial charge in [-0.2, -0.15) is 0 Å². The highest BCUT2D eigenvalue weighted by Crippen LogP contribution is 2.25. The SMILES string of the molecule is COC(=O)c1cc(O)c(CN2CCCCC2=O)cc1F. The molecule has 1 aromatic carbocycles. The van der Waals surface area contributed by atoms with Gasteiger partial charge in [-0.1, -0.05) is 0 Å². The van der Waals surface area contributed by atoms with Crippen LogP contribution in [0.5, 0.6) is 5.75 Å². The highest BCUT2D eigenvalue weighted by molar-refractivity contribution is 5.90. The van der Waals surface area contributed by atoms with Gasteiger partial charge < -0.3 is 14.7 Å². The molecule has 1 aliphatic heterocycles. The van der Waals surface area contributed by atoms with Crippen molar-refractivity contribution in [1.29, 1.82) is 0 Å². The van der Waals surface area contributed by atoms with Crippen molar-refractivity contribution in [2.45, 2.75) is 25.8 Å². The second-order valence-corrected chi connectivity index (χ2v) is 4.72. The Morgan fingerprint density at radius 2 is 2.20 bits per heavy atom.